The summed E-state index contributed by atoms with van der Waals surface area (Å²) >= 11 is 0. The summed E-state index contributed by atoms with van der Waals surface area (Å²) < 4.78 is 11.7. The van der Waals surface area contributed by atoms with Crippen LogP contribution in [0.4, 0.5) is 0 Å². The molecule has 0 bridgehead atoms. The molecule has 4 heteroatoms. The van der Waals surface area contributed by atoms with Gasteiger partial charge in [0, 0.05) is 37.8 Å². The number of nitrogens with one attached hydrogen (secondary N) is 1. The highest BCUT2D eigenvalue weighted by atomic mass is 16.5. The van der Waals surface area contributed by atoms with Crippen LogP contribution in [0.5, 0.6) is 0 Å². The van der Waals surface area contributed by atoms with Gasteiger partial charge in [-0.1, -0.05) is 0 Å². The van der Waals surface area contributed by atoms with Crippen LogP contribution in [0.3, 0.4) is 0 Å². The molecule has 0 aromatic rings. The van der Waals surface area contributed by atoms with Crippen LogP contribution in [0.1, 0.15) is 46.5 Å². The molecule has 3 saturated heterocycles. The largest absolute Gasteiger partial charge is 0.381 e. The quantitative estimate of drug-likeness (QED) is 0.864. The molecule has 122 valence electrons. The molecule has 4 nitrogen and oxygen atoms in total. The van der Waals surface area contributed by atoms with Crippen molar-refractivity contribution in [2.24, 2.45) is 5.92 Å². The summed E-state index contributed by atoms with van der Waals surface area (Å²) in [6, 6.07) is 0.528. The second-order valence-electron chi connectivity index (χ2n) is 8.32. The minimum Gasteiger partial charge on any atom is -0.381 e. The molecule has 0 saturated carbocycles. The highest BCUT2D eigenvalue weighted by Crippen LogP contribution is 2.36. The van der Waals surface area contributed by atoms with Crippen molar-refractivity contribution in [3.63, 3.8) is 0 Å². The number of rotatable bonds is 3. The van der Waals surface area contributed by atoms with Crippen LogP contribution < -0.4 is 5.32 Å². The van der Waals surface area contributed by atoms with Gasteiger partial charge in [0.1, 0.15) is 0 Å². The Bertz CT molecular complexity index is 339. The molecule has 0 aliphatic carbocycles. The van der Waals surface area contributed by atoms with Crippen LogP contribution >= 0.6 is 0 Å². The molecule has 0 amide bonds. The Hall–Kier alpha value is -0.160. The lowest BCUT2D eigenvalue weighted by atomic mass is 9.86. The van der Waals surface area contributed by atoms with Crippen molar-refractivity contribution < 1.29 is 9.47 Å². The van der Waals surface area contributed by atoms with Gasteiger partial charge >= 0.3 is 0 Å². The molecule has 3 heterocycles. The third kappa shape index (κ3) is 4.19. The lowest BCUT2D eigenvalue weighted by Crippen LogP contribution is -2.47. The average molecular weight is 296 g/mol. The summed E-state index contributed by atoms with van der Waals surface area (Å²) in [6.45, 7) is 13.1. The zero-order valence-corrected chi connectivity index (χ0v) is 14.0. The average Bonchev–Trinajstić information content (AvgIpc) is 3.02. The molecular formula is C17H32N2O2. The van der Waals surface area contributed by atoms with E-state index in [2.05, 4.69) is 31.0 Å². The number of likely N-dealkylation sites (tertiary alicyclic amines) is 1. The van der Waals surface area contributed by atoms with Gasteiger partial charge in [-0.15, -0.1) is 0 Å². The van der Waals surface area contributed by atoms with E-state index >= 15 is 0 Å². The minimum atomic E-state index is 0.158. The van der Waals surface area contributed by atoms with E-state index in [0.29, 0.717) is 6.04 Å². The molecule has 2 unspecified atom stereocenters. The van der Waals surface area contributed by atoms with Crippen molar-refractivity contribution in [2.45, 2.75) is 63.6 Å². The lowest BCUT2D eigenvalue weighted by molar-refractivity contribution is -0.0457. The van der Waals surface area contributed by atoms with Crippen molar-refractivity contribution in [1.82, 2.24) is 10.2 Å². The molecule has 0 aromatic heterocycles. The monoisotopic (exact) mass is 296 g/mol. The first-order chi connectivity index (χ1) is 9.94. The summed E-state index contributed by atoms with van der Waals surface area (Å²) in [6.07, 6.45) is 4.83. The van der Waals surface area contributed by atoms with Crippen molar-refractivity contribution in [3.8, 4) is 0 Å². The van der Waals surface area contributed by atoms with E-state index in [1.165, 1.54) is 45.3 Å². The maximum atomic E-state index is 6.24. The van der Waals surface area contributed by atoms with Crippen LogP contribution in [0.25, 0.3) is 0 Å². The van der Waals surface area contributed by atoms with Crippen LogP contribution in [0, 0.1) is 5.92 Å². The van der Waals surface area contributed by atoms with E-state index in [1.807, 2.05) is 0 Å². The number of ether oxygens (including phenoxy) is 2. The molecule has 0 aromatic carbocycles. The Morgan fingerprint density at radius 1 is 1.19 bits per heavy atom. The fourth-order valence-electron chi connectivity index (χ4n) is 4.13. The van der Waals surface area contributed by atoms with Gasteiger partial charge in [0.05, 0.1) is 18.8 Å². The Morgan fingerprint density at radius 2 is 1.95 bits per heavy atom. The number of hydrogen-bond donors (Lipinski definition) is 1. The Kier molecular flexibility index (Phi) is 4.60. The number of hydrogen-bond acceptors (Lipinski definition) is 4. The van der Waals surface area contributed by atoms with Crippen LogP contribution in [0.2, 0.25) is 0 Å². The maximum absolute atomic E-state index is 6.24. The highest BCUT2D eigenvalue weighted by molar-refractivity contribution is 4.97. The summed E-state index contributed by atoms with van der Waals surface area (Å²) in [5.74, 6) is 0.763. The first kappa shape index (κ1) is 15.7. The van der Waals surface area contributed by atoms with Crippen LogP contribution in [-0.4, -0.2) is 61.5 Å². The zero-order chi connectivity index (χ0) is 14.9. The van der Waals surface area contributed by atoms with Crippen molar-refractivity contribution >= 4 is 0 Å². The van der Waals surface area contributed by atoms with E-state index in [-0.39, 0.29) is 11.1 Å². The van der Waals surface area contributed by atoms with Gasteiger partial charge in [0.25, 0.3) is 0 Å². The van der Waals surface area contributed by atoms with Crippen molar-refractivity contribution in [1.29, 1.82) is 0 Å². The normalized spacial score (nSPS) is 33.9. The van der Waals surface area contributed by atoms with Gasteiger partial charge in [0.15, 0.2) is 0 Å². The molecule has 1 N–H and O–H groups in total. The summed E-state index contributed by atoms with van der Waals surface area (Å²) in [7, 11) is 0. The fraction of sp³-hybridized carbons (Fsp3) is 1.00. The first-order valence-electron chi connectivity index (χ1n) is 8.66. The molecule has 21 heavy (non-hydrogen) atoms. The molecule has 3 fully saturated rings. The van der Waals surface area contributed by atoms with Crippen molar-refractivity contribution in [2.75, 3.05) is 39.5 Å². The topological polar surface area (TPSA) is 33.7 Å². The summed E-state index contributed by atoms with van der Waals surface area (Å²) in [5, 5.41) is 3.70. The van der Waals surface area contributed by atoms with Gasteiger partial charge in [-0.3, -0.25) is 0 Å². The predicted molar refractivity (Wildman–Crippen MR) is 84.6 cm³/mol. The van der Waals surface area contributed by atoms with E-state index in [9.17, 15) is 0 Å². The second-order valence-corrected chi connectivity index (χ2v) is 8.32. The van der Waals surface area contributed by atoms with E-state index in [0.717, 1.165) is 25.7 Å². The molecule has 3 rings (SSSR count). The number of piperidine rings is 1. The van der Waals surface area contributed by atoms with Crippen LogP contribution in [-0.2, 0) is 9.47 Å². The van der Waals surface area contributed by atoms with E-state index < -0.39 is 0 Å². The van der Waals surface area contributed by atoms with Gasteiger partial charge in [-0.05, 0) is 52.4 Å². The summed E-state index contributed by atoms with van der Waals surface area (Å²) in [4.78, 5) is 2.62. The van der Waals surface area contributed by atoms with Gasteiger partial charge in [0.2, 0.25) is 0 Å². The Balaban J connectivity index is 1.44. The van der Waals surface area contributed by atoms with Gasteiger partial charge in [-0.2, -0.15) is 0 Å². The maximum Gasteiger partial charge on any atom is 0.0723 e. The van der Waals surface area contributed by atoms with Gasteiger partial charge < -0.3 is 19.7 Å². The number of nitrogens with zero attached hydrogens (tertiary/aromatic N) is 1. The fourth-order valence-corrected chi connectivity index (χ4v) is 4.13. The Morgan fingerprint density at radius 3 is 2.57 bits per heavy atom. The molecule has 3 aliphatic heterocycles. The molecule has 1 spiro atoms. The SMILES string of the molecule is CC(C)(C)NC1COC2(CCN(CC3CCOC3)CC2)C1. The van der Waals surface area contributed by atoms with Crippen molar-refractivity contribution in [3.05, 3.63) is 0 Å². The smallest absolute Gasteiger partial charge is 0.0723 e. The van der Waals surface area contributed by atoms with Gasteiger partial charge in [-0.25, -0.2) is 0 Å². The lowest BCUT2D eigenvalue weighted by Gasteiger charge is -2.39. The highest BCUT2D eigenvalue weighted by Gasteiger charge is 2.43. The molecular weight excluding hydrogens is 264 g/mol. The standard InChI is InChI=1S/C17H32N2O2/c1-16(2,3)18-15-10-17(21-13-15)5-7-19(8-6-17)11-14-4-9-20-12-14/h14-15,18H,4-13H2,1-3H3. The molecule has 2 atom stereocenters. The van der Waals surface area contributed by atoms with Crippen LogP contribution in [0.15, 0.2) is 0 Å². The zero-order valence-electron chi connectivity index (χ0n) is 14.0. The third-order valence-electron chi connectivity index (χ3n) is 5.15. The predicted octanol–water partition coefficient (Wildman–Crippen LogP) is 2.03. The minimum absolute atomic E-state index is 0.158. The molecule has 0 radical (unpaired) electrons. The Labute approximate surface area is 129 Å². The molecule has 3 aliphatic rings. The third-order valence-corrected chi connectivity index (χ3v) is 5.15. The first-order valence-corrected chi connectivity index (χ1v) is 8.66. The van der Waals surface area contributed by atoms with E-state index in [1.54, 1.807) is 0 Å². The van der Waals surface area contributed by atoms with E-state index in [4.69, 9.17) is 9.47 Å². The summed E-state index contributed by atoms with van der Waals surface area (Å²) in [5.41, 5.74) is 0.342. The second kappa shape index (κ2) is 6.15.